The molecule has 1 N–H and O–H groups in total. The number of nitrogens with one attached hydrogen (secondary N) is 1. The summed E-state index contributed by atoms with van der Waals surface area (Å²) in [6.07, 6.45) is 0. The number of nitro benzene ring substituents is 1. The molecular weight excluding hydrogens is 340 g/mol. The summed E-state index contributed by atoms with van der Waals surface area (Å²) in [5, 5.41) is 14.5. The van der Waals surface area contributed by atoms with Gasteiger partial charge in [0.25, 0.3) is 5.69 Å². The number of nitrogens with zero attached hydrogens (tertiary/aromatic N) is 1. The lowest BCUT2D eigenvalue weighted by atomic mass is 9.93. The minimum Gasteiger partial charge on any atom is -0.497 e. The molecule has 0 heterocycles. The summed E-state index contributed by atoms with van der Waals surface area (Å²) in [5.74, 6) is 0.791. The van der Waals surface area contributed by atoms with Crippen molar-refractivity contribution < 1.29 is 9.66 Å². The van der Waals surface area contributed by atoms with E-state index in [-0.39, 0.29) is 16.7 Å². The monoisotopic (exact) mass is 362 g/mol. The van der Waals surface area contributed by atoms with E-state index in [2.05, 4.69) is 37.4 Å². The molecule has 5 heteroatoms. The number of non-ortho nitro benzene ring substituents is 1. The highest BCUT2D eigenvalue weighted by Crippen LogP contribution is 2.31. The SMILES string of the molecule is COc1ccc(NC(c2ccc([N+](=O)[O-])cc2)c2ccc(C)cc2C)cc1. The Bertz CT molecular complexity index is 935. The summed E-state index contributed by atoms with van der Waals surface area (Å²) in [7, 11) is 1.64. The molecule has 0 bridgehead atoms. The fourth-order valence-corrected chi connectivity index (χ4v) is 3.13. The second kappa shape index (κ2) is 7.91. The standard InChI is InChI=1S/C22H22N2O3/c1-15-4-13-21(16(2)14-15)22(17-5-9-19(10-6-17)24(25)26)23-18-7-11-20(27-3)12-8-18/h4-14,22-23H,1-3H3. The zero-order valence-corrected chi connectivity index (χ0v) is 15.6. The minimum absolute atomic E-state index is 0.0857. The van der Waals surface area contributed by atoms with Crippen LogP contribution < -0.4 is 10.1 Å². The van der Waals surface area contributed by atoms with Crippen LogP contribution in [0.3, 0.4) is 0 Å². The van der Waals surface area contributed by atoms with Crippen molar-refractivity contribution in [2.45, 2.75) is 19.9 Å². The Morgan fingerprint density at radius 1 is 0.963 bits per heavy atom. The summed E-state index contributed by atoms with van der Waals surface area (Å²) >= 11 is 0. The predicted molar refractivity (Wildman–Crippen MR) is 107 cm³/mol. The normalized spacial score (nSPS) is 11.7. The Morgan fingerprint density at radius 3 is 2.19 bits per heavy atom. The van der Waals surface area contributed by atoms with Crippen LogP contribution in [0.25, 0.3) is 0 Å². The fraction of sp³-hybridized carbons (Fsp3) is 0.182. The van der Waals surface area contributed by atoms with Crippen LogP contribution >= 0.6 is 0 Å². The second-order valence-corrected chi connectivity index (χ2v) is 6.51. The molecule has 3 aromatic rings. The number of hydrogen-bond donors (Lipinski definition) is 1. The molecular formula is C22H22N2O3. The quantitative estimate of drug-likeness (QED) is 0.469. The molecule has 0 amide bonds. The van der Waals surface area contributed by atoms with Crippen LogP contribution in [0, 0.1) is 24.0 Å². The lowest BCUT2D eigenvalue weighted by Gasteiger charge is -2.23. The number of ether oxygens (including phenoxy) is 1. The highest BCUT2D eigenvalue weighted by atomic mass is 16.6. The minimum atomic E-state index is -0.382. The first-order valence-corrected chi connectivity index (χ1v) is 8.70. The van der Waals surface area contributed by atoms with Crippen molar-refractivity contribution in [3.8, 4) is 5.75 Å². The van der Waals surface area contributed by atoms with Crippen LogP contribution in [0.1, 0.15) is 28.3 Å². The third-order valence-corrected chi connectivity index (χ3v) is 4.57. The van der Waals surface area contributed by atoms with E-state index in [1.54, 1.807) is 31.4 Å². The van der Waals surface area contributed by atoms with Gasteiger partial charge in [0.05, 0.1) is 18.1 Å². The molecule has 27 heavy (non-hydrogen) atoms. The molecule has 0 saturated carbocycles. The molecule has 0 radical (unpaired) electrons. The molecule has 1 atom stereocenters. The molecule has 3 aromatic carbocycles. The first kappa shape index (κ1) is 18.5. The van der Waals surface area contributed by atoms with Gasteiger partial charge in [0.15, 0.2) is 0 Å². The van der Waals surface area contributed by atoms with E-state index in [4.69, 9.17) is 4.74 Å². The second-order valence-electron chi connectivity index (χ2n) is 6.51. The van der Waals surface area contributed by atoms with E-state index in [0.29, 0.717) is 0 Å². The van der Waals surface area contributed by atoms with Crippen molar-refractivity contribution in [2.24, 2.45) is 0 Å². The number of anilines is 1. The molecule has 1 unspecified atom stereocenters. The van der Waals surface area contributed by atoms with Gasteiger partial charge in [-0.15, -0.1) is 0 Å². The number of benzene rings is 3. The summed E-state index contributed by atoms with van der Waals surface area (Å²) < 4.78 is 5.22. The summed E-state index contributed by atoms with van der Waals surface area (Å²) in [4.78, 5) is 10.6. The highest BCUT2D eigenvalue weighted by molar-refractivity contribution is 5.53. The first-order chi connectivity index (χ1) is 13.0. The molecule has 5 nitrogen and oxygen atoms in total. The van der Waals surface area contributed by atoms with Crippen molar-refractivity contribution >= 4 is 11.4 Å². The van der Waals surface area contributed by atoms with E-state index in [0.717, 1.165) is 22.6 Å². The van der Waals surface area contributed by atoms with Crippen molar-refractivity contribution in [3.05, 3.63) is 99.1 Å². The molecule has 0 aliphatic carbocycles. The number of aryl methyl sites for hydroxylation is 2. The van der Waals surface area contributed by atoms with Gasteiger partial charge in [0, 0.05) is 17.8 Å². The van der Waals surface area contributed by atoms with Gasteiger partial charge in [-0.3, -0.25) is 10.1 Å². The Hall–Kier alpha value is -3.34. The van der Waals surface area contributed by atoms with Gasteiger partial charge >= 0.3 is 0 Å². The molecule has 0 aromatic heterocycles. The van der Waals surface area contributed by atoms with Crippen LogP contribution in [-0.4, -0.2) is 12.0 Å². The van der Waals surface area contributed by atoms with Gasteiger partial charge < -0.3 is 10.1 Å². The van der Waals surface area contributed by atoms with Gasteiger partial charge in [0.1, 0.15) is 5.75 Å². The van der Waals surface area contributed by atoms with Crippen molar-refractivity contribution in [2.75, 3.05) is 12.4 Å². The summed E-state index contributed by atoms with van der Waals surface area (Å²) in [6.45, 7) is 4.14. The Labute approximate surface area is 158 Å². The van der Waals surface area contributed by atoms with Crippen molar-refractivity contribution in [3.63, 3.8) is 0 Å². The Kier molecular flexibility index (Phi) is 5.41. The number of rotatable bonds is 6. The van der Waals surface area contributed by atoms with E-state index in [9.17, 15) is 10.1 Å². The average Bonchev–Trinajstić information content (AvgIpc) is 2.67. The van der Waals surface area contributed by atoms with Crippen LogP contribution in [0.2, 0.25) is 0 Å². The van der Waals surface area contributed by atoms with Gasteiger partial charge in [-0.2, -0.15) is 0 Å². The van der Waals surface area contributed by atoms with Crippen molar-refractivity contribution in [1.82, 2.24) is 0 Å². The largest absolute Gasteiger partial charge is 0.497 e. The highest BCUT2D eigenvalue weighted by Gasteiger charge is 2.18. The maximum absolute atomic E-state index is 11.0. The molecule has 0 fully saturated rings. The Balaban J connectivity index is 2.00. The van der Waals surface area contributed by atoms with Crippen LogP contribution in [-0.2, 0) is 0 Å². The van der Waals surface area contributed by atoms with E-state index < -0.39 is 0 Å². The van der Waals surface area contributed by atoms with Crippen LogP contribution in [0.5, 0.6) is 5.75 Å². The van der Waals surface area contributed by atoms with Crippen LogP contribution in [0.15, 0.2) is 66.7 Å². The molecule has 138 valence electrons. The van der Waals surface area contributed by atoms with Crippen molar-refractivity contribution in [1.29, 1.82) is 0 Å². The fourth-order valence-electron chi connectivity index (χ4n) is 3.13. The zero-order chi connectivity index (χ0) is 19.4. The van der Waals surface area contributed by atoms with E-state index in [1.807, 2.05) is 24.3 Å². The van der Waals surface area contributed by atoms with Gasteiger partial charge in [-0.1, -0.05) is 23.8 Å². The molecule has 0 aliphatic heterocycles. The molecule has 0 spiro atoms. The topological polar surface area (TPSA) is 64.4 Å². The van der Waals surface area contributed by atoms with E-state index >= 15 is 0 Å². The van der Waals surface area contributed by atoms with Gasteiger partial charge in [0.2, 0.25) is 0 Å². The maximum Gasteiger partial charge on any atom is 0.269 e. The number of methoxy groups -OCH3 is 1. The number of nitro groups is 1. The lowest BCUT2D eigenvalue weighted by molar-refractivity contribution is -0.384. The van der Waals surface area contributed by atoms with Gasteiger partial charge in [-0.05, 0) is 66.9 Å². The maximum atomic E-state index is 11.0. The third-order valence-electron chi connectivity index (χ3n) is 4.57. The summed E-state index contributed by atoms with van der Waals surface area (Å²) in [5.41, 5.74) is 5.48. The average molecular weight is 362 g/mol. The first-order valence-electron chi connectivity index (χ1n) is 8.70. The summed E-state index contributed by atoms with van der Waals surface area (Å²) in [6, 6.07) is 20.6. The van der Waals surface area contributed by atoms with Crippen LogP contribution in [0.4, 0.5) is 11.4 Å². The zero-order valence-electron chi connectivity index (χ0n) is 15.6. The van der Waals surface area contributed by atoms with E-state index in [1.165, 1.54) is 11.1 Å². The predicted octanol–water partition coefficient (Wildman–Crippen LogP) is 5.42. The van der Waals surface area contributed by atoms with Gasteiger partial charge in [-0.25, -0.2) is 0 Å². The third kappa shape index (κ3) is 4.26. The molecule has 0 aliphatic rings. The lowest BCUT2D eigenvalue weighted by Crippen LogP contribution is -2.14. The Morgan fingerprint density at radius 2 is 1.63 bits per heavy atom. The number of hydrogen-bond acceptors (Lipinski definition) is 4. The molecule has 3 rings (SSSR count). The smallest absolute Gasteiger partial charge is 0.269 e. The molecule has 0 saturated heterocycles.